The number of hydrogen-bond donors (Lipinski definition) is 2. The van der Waals surface area contributed by atoms with Gasteiger partial charge in [0, 0.05) is 24.9 Å². The van der Waals surface area contributed by atoms with Crippen LogP contribution in [0.15, 0.2) is 18.2 Å². The van der Waals surface area contributed by atoms with Crippen LogP contribution >= 0.6 is 0 Å². The number of anilines is 1. The van der Waals surface area contributed by atoms with Crippen molar-refractivity contribution in [3.05, 3.63) is 33.9 Å². The van der Waals surface area contributed by atoms with E-state index in [2.05, 4.69) is 5.32 Å². The van der Waals surface area contributed by atoms with Crippen molar-refractivity contribution in [1.29, 1.82) is 0 Å². The maximum atomic E-state index is 10.9. The third kappa shape index (κ3) is 3.05. The maximum Gasteiger partial charge on any atom is 0.342 e. The molecular formula is C13H16N2O5. The highest BCUT2D eigenvalue weighted by atomic mass is 16.6. The molecule has 0 aliphatic carbocycles. The standard InChI is InChI=1S/C13H16N2O5/c1-13(5-2-6-20-13)8-14-9-3-4-10(12(16)17)11(7-9)15(18)19/h3-4,7,14H,2,5-6,8H2,1H3,(H,16,17). The summed E-state index contributed by atoms with van der Waals surface area (Å²) in [6.07, 6.45) is 1.92. The third-order valence-electron chi connectivity index (χ3n) is 3.39. The monoisotopic (exact) mass is 280 g/mol. The first-order chi connectivity index (χ1) is 9.41. The molecule has 0 spiro atoms. The van der Waals surface area contributed by atoms with Gasteiger partial charge in [0.2, 0.25) is 0 Å². The molecule has 1 fully saturated rings. The van der Waals surface area contributed by atoms with Crippen molar-refractivity contribution in [1.82, 2.24) is 0 Å². The molecule has 7 nitrogen and oxygen atoms in total. The average Bonchev–Trinajstić information content (AvgIpc) is 2.83. The maximum absolute atomic E-state index is 10.9. The number of aromatic carboxylic acids is 1. The van der Waals surface area contributed by atoms with Crippen LogP contribution in [0.3, 0.4) is 0 Å². The van der Waals surface area contributed by atoms with Crippen molar-refractivity contribution in [2.75, 3.05) is 18.5 Å². The van der Waals surface area contributed by atoms with Gasteiger partial charge in [-0.1, -0.05) is 0 Å². The second kappa shape index (κ2) is 5.46. The van der Waals surface area contributed by atoms with Crippen LogP contribution in [0, 0.1) is 10.1 Å². The van der Waals surface area contributed by atoms with Crippen LogP contribution in [0.5, 0.6) is 0 Å². The number of nitrogens with zero attached hydrogens (tertiary/aromatic N) is 1. The van der Waals surface area contributed by atoms with Gasteiger partial charge in [0.1, 0.15) is 5.56 Å². The molecule has 1 heterocycles. The summed E-state index contributed by atoms with van der Waals surface area (Å²) < 4.78 is 5.61. The number of rotatable bonds is 5. The summed E-state index contributed by atoms with van der Waals surface area (Å²) in [5.74, 6) is -1.31. The molecule has 0 radical (unpaired) electrons. The van der Waals surface area contributed by atoms with Crippen molar-refractivity contribution in [3.8, 4) is 0 Å². The molecule has 108 valence electrons. The van der Waals surface area contributed by atoms with Crippen LogP contribution in [-0.2, 0) is 4.74 Å². The van der Waals surface area contributed by atoms with E-state index in [0.717, 1.165) is 19.4 Å². The Morgan fingerprint density at radius 2 is 2.35 bits per heavy atom. The van der Waals surface area contributed by atoms with Gasteiger partial charge < -0.3 is 15.2 Å². The van der Waals surface area contributed by atoms with E-state index in [4.69, 9.17) is 9.84 Å². The van der Waals surface area contributed by atoms with Crippen molar-refractivity contribution >= 4 is 17.3 Å². The lowest BCUT2D eigenvalue weighted by Crippen LogP contribution is -2.32. The second-order valence-corrected chi connectivity index (χ2v) is 5.05. The predicted octanol–water partition coefficient (Wildman–Crippen LogP) is 2.27. The van der Waals surface area contributed by atoms with Gasteiger partial charge in [-0.15, -0.1) is 0 Å². The zero-order chi connectivity index (χ0) is 14.8. The molecular weight excluding hydrogens is 264 g/mol. The van der Waals surface area contributed by atoms with Crippen LogP contribution < -0.4 is 5.32 Å². The fourth-order valence-electron chi connectivity index (χ4n) is 2.24. The van der Waals surface area contributed by atoms with E-state index in [-0.39, 0.29) is 11.2 Å². The zero-order valence-electron chi connectivity index (χ0n) is 11.1. The van der Waals surface area contributed by atoms with Crippen LogP contribution in [0.2, 0.25) is 0 Å². The third-order valence-corrected chi connectivity index (χ3v) is 3.39. The summed E-state index contributed by atoms with van der Waals surface area (Å²) in [6.45, 7) is 3.22. The summed E-state index contributed by atoms with van der Waals surface area (Å²) in [6, 6.07) is 4.00. The number of nitro groups is 1. The number of carbonyl (C=O) groups is 1. The van der Waals surface area contributed by atoms with E-state index >= 15 is 0 Å². The van der Waals surface area contributed by atoms with Crippen molar-refractivity contribution in [2.24, 2.45) is 0 Å². The highest BCUT2D eigenvalue weighted by Gasteiger charge is 2.29. The quantitative estimate of drug-likeness (QED) is 0.633. The van der Waals surface area contributed by atoms with Gasteiger partial charge in [0.25, 0.3) is 5.69 Å². The number of carboxylic acid groups (broad SMARTS) is 1. The lowest BCUT2D eigenvalue weighted by atomic mass is 10.0. The minimum atomic E-state index is -1.31. The van der Waals surface area contributed by atoms with Gasteiger partial charge in [-0.3, -0.25) is 10.1 Å². The Labute approximate surface area is 115 Å². The molecule has 2 rings (SSSR count). The Bertz CT molecular complexity index is 538. The average molecular weight is 280 g/mol. The van der Waals surface area contributed by atoms with E-state index in [1.54, 1.807) is 0 Å². The molecule has 0 bridgehead atoms. The number of ether oxygens (including phenoxy) is 1. The van der Waals surface area contributed by atoms with Gasteiger partial charge >= 0.3 is 5.97 Å². The molecule has 1 saturated heterocycles. The first-order valence-electron chi connectivity index (χ1n) is 6.31. The first-order valence-corrected chi connectivity index (χ1v) is 6.31. The molecule has 0 saturated carbocycles. The molecule has 0 aromatic heterocycles. The Hall–Kier alpha value is -2.15. The molecule has 1 aromatic carbocycles. The fourth-order valence-corrected chi connectivity index (χ4v) is 2.24. The van der Waals surface area contributed by atoms with Gasteiger partial charge in [0.05, 0.1) is 10.5 Å². The van der Waals surface area contributed by atoms with Gasteiger partial charge in [-0.25, -0.2) is 4.79 Å². The number of nitrogens with one attached hydrogen (secondary N) is 1. The molecule has 7 heteroatoms. The lowest BCUT2D eigenvalue weighted by Gasteiger charge is -2.24. The normalized spacial score (nSPS) is 21.6. The van der Waals surface area contributed by atoms with Crippen LogP contribution in [0.1, 0.15) is 30.1 Å². The summed E-state index contributed by atoms with van der Waals surface area (Å²) in [7, 11) is 0. The Balaban J connectivity index is 2.15. The van der Waals surface area contributed by atoms with E-state index in [9.17, 15) is 14.9 Å². The SMILES string of the molecule is CC1(CNc2ccc(C(=O)O)c([N+](=O)[O-])c2)CCCO1. The predicted molar refractivity (Wildman–Crippen MR) is 72.1 cm³/mol. The summed E-state index contributed by atoms with van der Waals surface area (Å²) in [5, 5.41) is 22.9. The van der Waals surface area contributed by atoms with Crippen molar-refractivity contribution in [2.45, 2.75) is 25.4 Å². The minimum Gasteiger partial charge on any atom is -0.477 e. The first kappa shape index (κ1) is 14.3. The number of benzene rings is 1. The number of hydrogen-bond acceptors (Lipinski definition) is 5. The van der Waals surface area contributed by atoms with Crippen LogP contribution in [0.4, 0.5) is 11.4 Å². The van der Waals surface area contributed by atoms with Crippen molar-refractivity contribution < 1.29 is 19.6 Å². The van der Waals surface area contributed by atoms with Gasteiger partial charge in [-0.05, 0) is 31.9 Å². The highest BCUT2D eigenvalue weighted by Crippen LogP contribution is 2.27. The summed E-state index contributed by atoms with van der Waals surface area (Å²) >= 11 is 0. The van der Waals surface area contributed by atoms with Gasteiger partial charge in [0.15, 0.2) is 0 Å². The molecule has 20 heavy (non-hydrogen) atoms. The van der Waals surface area contributed by atoms with E-state index in [0.29, 0.717) is 12.2 Å². The summed E-state index contributed by atoms with van der Waals surface area (Å²) in [4.78, 5) is 21.1. The zero-order valence-corrected chi connectivity index (χ0v) is 11.1. The second-order valence-electron chi connectivity index (χ2n) is 5.05. The topological polar surface area (TPSA) is 102 Å². The highest BCUT2D eigenvalue weighted by molar-refractivity contribution is 5.93. The lowest BCUT2D eigenvalue weighted by molar-refractivity contribution is -0.385. The summed E-state index contributed by atoms with van der Waals surface area (Å²) in [5.41, 5.74) is -0.498. The molecule has 1 aromatic rings. The molecule has 1 aliphatic heterocycles. The van der Waals surface area contributed by atoms with Gasteiger partial charge in [-0.2, -0.15) is 0 Å². The van der Waals surface area contributed by atoms with E-state index in [1.807, 2.05) is 6.92 Å². The Kier molecular flexibility index (Phi) is 3.89. The smallest absolute Gasteiger partial charge is 0.342 e. The fraction of sp³-hybridized carbons (Fsp3) is 0.462. The van der Waals surface area contributed by atoms with Crippen LogP contribution in [-0.4, -0.2) is 34.8 Å². The Morgan fingerprint density at radius 1 is 1.60 bits per heavy atom. The number of carboxylic acids is 1. The Morgan fingerprint density at radius 3 is 2.90 bits per heavy atom. The minimum absolute atomic E-state index is 0.278. The molecule has 0 amide bonds. The molecule has 1 atom stereocenters. The van der Waals surface area contributed by atoms with E-state index < -0.39 is 16.6 Å². The number of nitro benzene ring substituents is 1. The van der Waals surface area contributed by atoms with E-state index in [1.165, 1.54) is 18.2 Å². The molecule has 1 unspecified atom stereocenters. The largest absolute Gasteiger partial charge is 0.477 e. The van der Waals surface area contributed by atoms with Crippen molar-refractivity contribution in [3.63, 3.8) is 0 Å². The van der Waals surface area contributed by atoms with Crippen LogP contribution in [0.25, 0.3) is 0 Å². The molecule has 1 aliphatic rings. The molecule has 2 N–H and O–H groups in total.